The van der Waals surface area contributed by atoms with E-state index in [0.29, 0.717) is 17.8 Å². The fourth-order valence-electron chi connectivity index (χ4n) is 8.75. The first-order valence-corrected chi connectivity index (χ1v) is 15.6. The van der Waals surface area contributed by atoms with Crippen molar-refractivity contribution in [2.75, 3.05) is 12.3 Å². The van der Waals surface area contributed by atoms with Crippen molar-refractivity contribution < 1.29 is 44.6 Å². The molecule has 7 rings (SSSR count). The van der Waals surface area contributed by atoms with Crippen LogP contribution in [0.3, 0.4) is 0 Å². The molecule has 11 heteroatoms. The molecule has 45 heavy (non-hydrogen) atoms. The number of nitrogens with two attached hydrogens (primary N) is 1. The minimum absolute atomic E-state index is 0.0540. The molecule has 2 heterocycles. The number of ether oxygens (including phenoxy) is 2. The van der Waals surface area contributed by atoms with E-state index < -0.39 is 59.8 Å². The molecule has 4 aliphatic carbocycles. The topological polar surface area (TPSA) is 193 Å². The average Bonchev–Trinajstić information content (AvgIpc) is 3.43. The zero-order valence-electron chi connectivity index (χ0n) is 24.9. The summed E-state index contributed by atoms with van der Waals surface area (Å²) in [4.78, 5) is 31.5. The number of aromatic nitrogens is 1. The van der Waals surface area contributed by atoms with E-state index in [-0.39, 0.29) is 40.8 Å². The summed E-state index contributed by atoms with van der Waals surface area (Å²) in [6, 6.07) is 6.31. The lowest BCUT2D eigenvalue weighted by Gasteiger charge is -2.53. The molecular formula is C34H38N2O9. The highest BCUT2D eigenvalue weighted by Gasteiger charge is 2.61. The number of Topliss-reactive ketones (excluding diaryl/α,β-unsaturated/α-hetero) is 2. The smallest absolute Gasteiger partial charge is 0.229 e. The third-order valence-electron chi connectivity index (χ3n) is 10.8. The molecule has 1 saturated carbocycles. The minimum atomic E-state index is -2.20. The number of nitrogen functional groups attached to an aromatic ring is 1. The standard InChI is InChI=1S/C34H38N2O9/c1-16-10-20-26(22(38)11-16)29(40)27-19(28(20)39)5-2-6-23(27)44-32-31(42)34(43,30(41)24(14-37)45-32)15-33-9-3-4-18(33)8-7-17-13-36-25(35)12-21(17)33/h2,5-6,10-13,18,20,24,26,30-32,37-38,41-43H,3-4,7-9,14-15H2,1H3,(H2,35,36). The molecule has 2 fully saturated rings. The first-order valence-electron chi connectivity index (χ1n) is 15.6. The van der Waals surface area contributed by atoms with Crippen LogP contribution in [0.2, 0.25) is 0 Å². The number of aliphatic hydroxyl groups is 5. The van der Waals surface area contributed by atoms with Gasteiger partial charge in [-0.1, -0.05) is 30.2 Å². The molecule has 1 aromatic carbocycles. The number of carbonyl (C=O) groups is 2. The predicted molar refractivity (Wildman–Crippen MR) is 160 cm³/mol. The number of hydrogen-bond acceptors (Lipinski definition) is 11. The normalized spacial score (nSPS) is 37.1. The van der Waals surface area contributed by atoms with E-state index in [9.17, 15) is 35.1 Å². The molecular weight excluding hydrogens is 580 g/mol. The van der Waals surface area contributed by atoms with Gasteiger partial charge in [0.2, 0.25) is 6.29 Å². The second kappa shape index (κ2) is 10.7. The summed E-state index contributed by atoms with van der Waals surface area (Å²) in [5.41, 5.74) is 5.95. The number of anilines is 1. The highest BCUT2D eigenvalue weighted by molar-refractivity contribution is 6.19. The first-order chi connectivity index (χ1) is 21.5. The van der Waals surface area contributed by atoms with Crippen molar-refractivity contribution in [2.24, 2.45) is 17.8 Å². The predicted octanol–water partition coefficient (Wildman–Crippen LogP) is 2.30. The molecule has 238 valence electrons. The molecule has 0 bridgehead atoms. The van der Waals surface area contributed by atoms with Crippen molar-refractivity contribution in [1.82, 2.24) is 4.98 Å². The van der Waals surface area contributed by atoms with Crippen LogP contribution >= 0.6 is 0 Å². The summed E-state index contributed by atoms with van der Waals surface area (Å²) < 4.78 is 11.9. The van der Waals surface area contributed by atoms with Crippen LogP contribution in [0.1, 0.15) is 70.9 Å². The zero-order valence-corrected chi connectivity index (χ0v) is 24.9. The van der Waals surface area contributed by atoms with E-state index in [2.05, 4.69) is 4.98 Å². The number of aliphatic hydroxyl groups excluding tert-OH is 4. The van der Waals surface area contributed by atoms with Crippen LogP contribution in [-0.4, -0.2) is 78.9 Å². The van der Waals surface area contributed by atoms with Crippen LogP contribution in [0.25, 0.3) is 0 Å². The van der Waals surface area contributed by atoms with Crippen molar-refractivity contribution in [3.63, 3.8) is 0 Å². The molecule has 1 aliphatic heterocycles. The maximum atomic E-state index is 13.8. The van der Waals surface area contributed by atoms with Crippen molar-refractivity contribution in [2.45, 2.75) is 81.1 Å². The van der Waals surface area contributed by atoms with Gasteiger partial charge in [0, 0.05) is 17.2 Å². The number of rotatable bonds is 5. The number of pyridine rings is 1. The summed E-state index contributed by atoms with van der Waals surface area (Å²) in [5.74, 6) is -2.67. The van der Waals surface area contributed by atoms with Gasteiger partial charge in [-0.05, 0) is 74.3 Å². The van der Waals surface area contributed by atoms with Crippen molar-refractivity contribution in [3.05, 3.63) is 76.2 Å². The Morgan fingerprint density at radius 3 is 2.73 bits per heavy atom. The van der Waals surface area contributed by atoms with Gasteiger partial charge < -0.3 is 40.7 Å². The fraction of sp³-hybridized carbons (Fsp3) is 0.500. The Balaban J connectivity index is 1.26. The van der Waals surface area contributed by atoms with E-state index in [0.717, 1.165) is 36.8 Å². The second-order valence-electron chi connectivity index (χ2n) is 13.3. The highest BCUT2D eigenvalue weighted by atomic mass is 16.7. The number of aryl methyl sites for hydroxylation is 1. The lowest BCUT2D eigenvalue weighted by Crippen LogP contribution is -2.70. The van der Waals surface area contributed by atoms with Crippen LogP contribution in [0.5, 0.6) is 5.75 Å². The SMILES string of the molecule is CC1=CC2C(=O)c3cccc(OC4OC(CO)C(O)C(O)(CC56CCCC5CCc5cnc(N)cc56)C4O)c3C(=O)C2C(O)=C1. The van der Waals surface area contributed by atoms with E-state index in [1.54, 1.807) is 19.2 Å². The maximum Gasteiger partial charge on any atom is 0.229 e. The highest BCUT2D eigenvalue weighted by Crippen LogP contribution is 2.57. The fourth-order valence-corrected chi connectivity index (χ4v) is 8.75. The van der Waals surface area contributed by atoms with Gasteiger partial charge in [-0.15, -0.1) is 0 Å². The molecule has 9 atom stereocenters. The third kappa shape index (κ3) is 4.47. The van der Waals surface area contributed by atoms with E-state index in [4.69, 9.17) is 15.2 Å². The molecule has 1 aromatic heterocycles. The Morgan fingerprint density at radius 2 is 1.96 bits per heavy atom. The van der Waals surface area contributed by atoms with Gasteiger partial charge in [-0.25, -0.2) is 4.98 Å². The number of nitrogens with zero attached hydrogens (tertiary/aromatic N) is 1. The van der Waals surface area contributed by atoms with Gasteiger partial charge in [0.05, 0.1) is 24.0 Å². The lowest BCUT2D eigenvalue weighted by atomic mass is 9.59. The van der Waals surface area contributed by atoms with Crippen LogP contribution in [0.4, 0.5) is 5.82 Å². The minimum Gasteiger partial charge on any atom is -0.511 e. The monoisotopic (exact) mass is 618 g/mol. The summed E-state index contributed by atoms with van der Waals surface area (Å²) in [6.07, 6.45) is 2.51. The Kier molecular flexibility index (Phi) is 7.18. The molecule has 7 N–H and O–H groups in total. The quantitative estimate of drug-likeness (QED) is 0.288. The molecule has 5 aliphatic rings. The molecule has 11 nitrogen and oxygen atoms in total. The molecule has 0 spiro atoms. The number of ketones is 2. The molecule has 2 aromatic rings. The van der Waals surface area contributed by atoms with Crippen molar-refractivity contribution in [1.29, 1.82) is 0 Å². The number of fused-ring (bicyclic) bond motifs is 5. The Bertz CT molecular complexity index is 1640. The largest absolute Gasteiger partial charge is 0.511 e. The molecule has 9 unspecified atom stereocenters. The van der Waals surface area contributed by atoms with Gasteiger partial charge in [0.15, 0.2) is 11.6 Å². The summed E-state index contributed by atoms with van der Waals surface area (Å²) in [6.45, 7) is 1.05. The van der Waals surface area contributed by atoms with Gasteiger partial charge in [0.25, 0.3) is 0 Å². The summed E-state index contributed by atoms with van der Waals surface area (Å²) in [7, 11) is 0. The van der Waals surface area contributed by atoms with E-state index in [1.165, 1.54) is 24.3 Å². The zero-order chi connectivity index (χ0) is 31.8. The Hall–Kier alpha value is -3.61. The average molecular weight is 619 g/mol. The second-order valence-corrected chi connectivity index (χ2v) is 13.3. The van der Waals surface area contributed by atoms with Gasteiger partial charge in [-0.2, -0.15) is 0 Å². The first kappa shape index (κ1) is 30.1. The Labute approximate surface area is 260 Å². The van der Waals surface area contributed by atoms with Crippen molar-refractivity contribution >= 4 is 17.4 Å². The molecule has 0 radical (unpaired) electrons. The maximum absolute atomic E-state index is 13.8. The molecule has 1 saturated heterocycles. The van der Waals surface area contributed by atoms with E-state index >= 15 is 0 Å². The summed E-state index contributed by atoms with van der Waals surface area (Å²) in [5, 5.41) is 56.4. The number of hydrogen-bond donors (Lipinski definition) is 6. The molecule has 0 amide bonds. The van der Waals surface area contributed by atoms with Crippen LogP contribution in [-0.2, 0) is 16.6 Å². The number of allylic oxidation sites excluding steroid dienone is 4. The lowest BCUT2D eigenvalue weighted by molar-refractivity contribution is -0.319. The van der Waals surface area contributed by atoms with Gasteiger partial charge >= 0.3 is 0 Å². The van der Waals surface area contributed by atoms with Crippen LogP contribution < -0.4 is 10.5 Å². The van der Waals surface area contributed by atoms with Gasteiger partial charge in [-0.3, -0.25) is 9.59 Å². The van der Waals surface area contributed by atoms with Crippen LogP contribution in [0, 0.1) is 17.8 Å². The number of carbonyl (C=O) groups excluding carboxylic acids is 2. The summed E-state index contributed by atoms with van der Waals surface area (Å²) >= 11 is 0. The van der Waals surface area contributed by atoms with Gasteiger partial charge in [0.1, 0.15) is 41.2 Å². The van der Waals surface area contributed by atoms with Crippen molar-refractivity contribution in [3.8, 4) is 5.75 Å². The number of benzene rings is 1. The third-order valence-corrected chi connectivity index (χ3v) is 10.8. The van der Waals surface area contributed by atoms with E-state index in [1.807, 2.05) is 6.07 Å². The van der Waals surface area contributed by atoms with Crippen LogP contribution in [0.15, 0.2) is 53.9 Å². The Morgan fingerprint density at radius 1 is 1.16 bits per heavy atom.